The highest BCUT2D eigenvalue weighted by atomic mass is 15.2. The maximum absolute atomic E-state index is 4.34. The highest BCUT2D eigenvalue weighted by Gasteiger charge is 2.05. The first kappa shape index (κ1) is 11.5. The summed E-state index contributed by atoms with van der Waals surface area (Å²) in [5.74, 6) is 0. The Hall–Kier alpha value is -1.61. The van der Waals surface area contributed by atoms with Crippen LogP contribution in [-0.4, -0.2) is 16.2 Å². The zero-order valence-electron chi connectivity index (χ0n) is 10.6. The summed E-state index contributed by atoms with van der Waals surface area (Å²) in [6.07, 6.45) is 11.5. The van der Waals surface area contributed by atoms with Crippen molar-refractivity contribution in [3.63, 3.8) is 0 Å². The van der Waals surface area contributed by atoms with Crippen molar-refractivity contribution in [2.75, 3.05) is 6.54 Å². The van der Waals surface area contributed by atoms with Crippen molar-refractivity contribution in [2.45, 2.75) is 32.2 Å². The Morgan fingerprint density at radius 1 is 1.33 bits per heavy atom. The fourth-order valence-electron chi connectivity index (χ4n) is 2.56. The summed E-state index contributed by atoms with van der Waals surface area (Å²) < 4.78 is 1.93. The van der Waals surface area contributed by atoms with E-state index in [0.29, 0.717) is 0 Å². The monoisotopic (exact) mass is 241 g/mol. The first-order valence-electron chi connectivity index (χ1n) is 6.73. The highest BCUT2D eigenvalue weighted by Crippen LogP contribution is 2.19. The van der Waals surface area contributed by atoms with Crippen molar-refractivity contribution in [2.24, 2.45) is 0 Å². The lowest BCUT2D eigenvalue weighted by molar-refractivity contribution is 0.678. The summed E-state index contributed by atoms with van der Waals surface area (Å²) in [5, 5.41) is 7.85. The van der Waals surface area contributed by atoms with E-state index in [4.69, 9.17) is 0 Å². The van der Waals surface area contributed by atoms with E-state index >= 15 is 0 Å². The summed E-state index contributed by atoms with van der Waals surface area (Å²) in [5.41, 5.74) is 4.10. The van der Waals surface area contributed by atoms with Crippen molar-refractivity contribution in [1.29, 1.82) is 0 Å². The maximum atomic E-state index is 4.34. The minimum Gasteiger partial charge on any atom is -0.312 e. The molecule has 1 aliphatic rings. The average Bonchev–Trinajstić information content (AvgIpc) is 3.04. The lowest BCUT2D eigenvalue weighted by atomic mass is 10.1. The summed E-state index contributed by atoms with van der Waals surface area (Å²) in [6.45, 7) is 1.97. The molecule has 0 aromatic carbocycles. The second-order valence-electron chi connectivity index (χ2n) is 4.88. The van der Waals surface area contributed by atoms with E-state index < -0.39 is 0 Å². The second-order valence-corrected chi connectivity index (χ2v) is 4.88. The van der Waals surface area contributed by atoms with Crippen molar-refractivity contribution in [3.05, 3.63) is 47.8 Å². The molecule has 3 nitrogen and oxygen atoms in total. The first-order valence-corrected chi connectivity index (χ1v) is 6.73. The van der Waals surface area contributed by atoms with E-state index in [0.717, 1.165) is 13.1 Å². The Kier molecular flexibility index (Phi) is 3.42. The maximum Gasteiger partial charge on any atom is 0.0706 e. The van der Waals surface area contributed by atoms with Gasteiger partial charge in [-0.15, -0.1) is 0 Å². The van der Waals surface area contributed by atoms with Crippen LogP contribution in [0, 0.1) is 0 Å². The van der Waals surface area contributed by atoms with E-state index in [2.05, 4.69) is 28.6 Å². The zero-order valence-corrected chi connectivity index (χ0v) is 10.6. The first-order chi connectivity index (χ1) is 8.93. The number of aromatic nitrogens is 2. The van der Waals surface area contributed by atoms with E-state index in [-0.39, 0.29) is 0 Å². The van der Waals surface area contributed by atoms with Gasteiger partial charge in [-0.25, -0.2) is 4.52 Å². The Bertz CT molecular complexity index is 554. The lowest BCUT2D eigenvalue weighted by Gasteiger charge is -2.04. The van der Waals surface area contributed by atoms with Crippen LogP contribution in [0.5, 0.6) is 0 Å². The molecule has 1 aliphatic carbocycles. The molecule has 0 aliphatic heterocycles. The number of hydrogen-bond donors (Lipinski definition) is 1. The van der Waals surface area contributed by atoms with Crippen LogP contribution in [0.3, 0.4) is 0 Å². The van der Waals surface area contributed by atoms with Gasteiger partial charge in [0.25, 0.3) is 0 Å². The third-order valence-electron chi connectivity index (χ3n) is 3.58. The number of pyridine rings is 1. The van der Waals surface area contributed by atoms with Gasteiger partial charge in [0.15, 0.2) is 0 Å². The number of nitrogens with one attached hydrogen (secondary N) is 1. The molecule has 0 spiro atoms. The van der Waals surface area contributed by atoms with Gasteiger partial charge in [0.05, 0.1) is 11.7 Å². The molecule has 94 valence electrons. The smallest absolute Gasteiger partial charge is 0.0706 e. The van der Waals surface area contributed by atoms with Crippen LogP contribution in [0.2, 0.25) is 0 Å². The average molecular weight is 241 g/mol. The predicted molar refractivity (Wildman–Crippen MR) is 73.4 cm³/mol. The predicted octanol–water partition coefficient (Wildman–Crippen LogP) is 2.92. The van der Waals surface area contributed by atoms with Crippen LogP contribution in [0.15, 0.2) is 42.2 Å². The van der Waals surface area contributed by atoms with Gasteiger partial charge in [0.1, 0.15) is 0 Å². The molecule has 3 rings (SSSR count). The SMILES string of the molecule is C1=C(CCNCc2cnn3ccccc23)CCC1. The molecule has 2 aromatic rings. The van der Waals surface area contributed by atoms with Gasteiger partial charge in [0, 0.05) is 18.3 Å². The van der Waals surface area contributed by atoms with Crippen LogP contribution in [0.25, 0.3) is 5.52 Å². The number of fused-ring (bicyclic) bond motifs is 1. The van der Waals surface area contributed by atoms with Gasteiger partial charge in [-0.3, -0.25) is 0 Å². The number of hydrogen-bond acceptors (Lipinski definition) is 2. The molecule has 0 atom stereocenters. The van der Waals surface area contributed by atoms with E-state index in [1.54, 1.807) is 5.57 Å². The van der Waals surface area contributed by atoms with Crippen molar-refractivity contribution in [1.82, 2.24) is 14.9 Å². The second kappa shape index (κ2) is 5.36. The van der Waals surface area contributed by atoms with Crippen LogP contribution in [0.4, 0.5) is 0 Å². The van der Waals surface area contributed by atoms with Gasteiger partial charge >= 0.3 is 0 Å². The Morgan fingerprint density at radius 3 is 3.22 bits per heavy atom. The third-order valence-corrected chi connectivity index (χ3v) is 3.58. The van der Waals surface area contributed by atoms with E-state index in [9.17, 15) is 0 Å². The minimum absolute atomic E-state index is 0.904. The minimum atomic E-state index is 0.904. The van der Waals surface area contributed by atoms with Gasteiger partial charge in [-0.1, -0.05) is 17.7 Å². The molecule has 2 aromatic heterocycles. The van der Waals surface area contributed by atoms with Crippen molar-refractivity contribution < 1.29 is 0 Å². The van der Waals surface area contributed by atoms with Crippen LogP contribution >= 0.6 is 0 Å². The zero-order chi connectivity index (χ0) is 12.2. The fourth-order valence-corrected chi connectivity index (χ4v) is 2.56. The van der Waals surface area contributed by atoms with Crippen LogP contribution in [0.1, 0.15) is 31.2 Å². The number of nitrogens with zero attached hydrogens (tertiary/aromatic N) is 2. The lowest BCUT2D eigenvalue weighted by Crippen LogP contribution is -2.14. The van der Waals surface area contributed by atoms with Gasteiger partial charge in [-0.2, -0.15) is 5.10 Å². The van der Waals surface area contributed by atoms with Gasteiger partial charge in [-0.05, 0) is 44.4 Å². The fraction of sp³-hybridized carbons (Fsp3) is 0.400. The highest BCUT2D eigenvalue weighted by molar-refractivity contribution is 5.53. The number of rotatable bonds is 5. The molecule has 2 heterocycles. The number of allylic oxidation sites excluding steroid dienone is 1. The largest absolute Gasteiger partial charge is 0.312 e. The standard InChI is InChI=1S/C15H19N3/c1-2-6-13(5-1)8-9-16-11-14-12-17-18-10-4-3-7-15(14)18/h3-5,7,10,12,16H,1-2,6,8-9,11H2. The molecule has 0 amide bonds. The van der Waals surface area contributed by atoms with Crippen LogP contribution in [-0.2, 0) is 6.54 Å². The van der Waals surface area contributed by atoms with Crippen molar-refractivity contribution in [3.8, 4) is 0 Å². The summed E-state index contributed by atoms with van der Waals surface area (Å²) in [6, 6.07) is 6.18. The summed E-state index contributed by atoms with van der Waals surface area (Å²) in [7, 11) is 0. The Balaban J connectivity index is 1.53. The molecule has 0 fully saturated rings. The molecule has 0 saturated carbocycles. The van der Waals surface area contributed by atoms with Crippen LogP contribution < -0.4 is 5.32 Å². The normalized spacial score (nSPS) is 15.2. The van der Waals surface area contributed by atoms with E-state index in [1.807, 2.05) is 23.0 Å². The van der Waals surface area contributed by atoms with Gasteiger partial charge < -0.3 is 5.32 Å². The summed E-state index contributed by atoms with van der Waals surface area (Å²) in [4.78, 5) is 0. The topological polar surface area (TPSA) is 29.3 Å². The quantitative estimate of drug-likeness (QED) is 0.644. The molecule has 18 heavy (non-hydrogen) atoms. The molecule has 1 N–H and O–H groups in total. The molecule has 3 heteroatoms. The molecule has 0 radical (unpaired) electrons. The molecular formula is C15H19N3. The van der Waals surface area contributed by atoms with Crippen molar-refractivity contribution >= 4 is 5.52 Å². The Labute approximate surface area is 108 Å². The molecular weight excluding hydrogens is 222 g/mol. The summed E-state index contributed by atoms with van der Waals surface area (Å²) >= 11 is 0. The molecule has 0 bridgehead atoms. The molecule has 0 saturated heterocycles. The van der Waals surface area contributed by atoms with Gasteiger partial charge in [0.2, 0.25) is 0 Å². The Morgan fingerprint density at radius 2 is 2.33 bits per heavy atom. The van der Waals surface area contributed by atoms with E-state index in [1.165, 1.54) is 36.8 Å². The molecule has 0 unspecified atom stereocenters. The third kappa shape index (κ3) is 2.46.